The normalized spacial score (nSPS) is 10.4. The Balaban J connectivity index is 2.31. The fourth-order valence-electron chi connectivity index (χ4n) is 1.47. The van der Waals surface area contributed by atoms with Crippen molar-refractivity contribution in [3.63, 3.8) is 0 Å². The lowest BCUT2D eigenvalue weighted by atomic mass is 10.1. The minimum Gasteiger partial charge on any atom is -0.454 e. The van der Waals surface area contributed by atoms with E-state index in [9.17, 15) is 8.78 Å². The zero-order valence-corrected chi connectivity index (χ0v) is 9.63. The van der Waals surface area contributed by atoms with Crippen molar-refractivity contribution >= 4 is 0 Å². The van der Waals surface area contributed by atoms with Gasteiger partial charge in [0.25, 0.3) is 0 Å². The summed E-state index contributed by atoms with van der Waals surface area (Å²) in [6.07, 6.45) is 0. The summed E-state index contributed by atoms with van der Waals surface area (Å²) >= 11 is 0. The summed E-state index contributed by atoms with van der Waals surface area (Å²) in [5.74, 6) is -1.48. The average Bonchev–Trinajstić information content (AvgIpc) is 2.30. The van der Waals surface area contributed by atoms with Gasteiger partial charge in [0, 0.05) is 0 Å². The third kappa shape index (κ3) is 2.44. The Morgan fingerprint density at radius 2 is 1.71 bits per heavy atom. The molecule has 0 fully saturated rings. The lowest BCUT2D eigenvalue weighted by Gasteiger charge is -2.08. The smallest absolute Gasteiger partial charge is 0.201 e. The molecule has 17 heavy (non-hydrogen) atoms. The highest BCUT2D eigenvalue weighted by Gasteiger charge is 2.09. The van der Waals surface area contributed by atoms with Crippen LogP contribution in [0.1, 0.15) is 11.1 Å². The highest BCUT2D eigenvalue weighted by molar-refractivity contribution is 5.37. The first-order chi connectivity index (χ1) is 8.08. The van der Waals surface area contributed by atoms with Gasteiger partial charge in [-0.2, -0.15) is 4.39 Å². The van der Waals surface area contributed by atoms with Gasteiger partial charge in [0.05, 0.1) is 0 Å². The van der Waals surface area contributed by atoms with Crippen LogP contribution in [0.15, 0.2) is 36.4 Å². The summed E-state index contributed by atoms with van der Waals surface area (Å²) in [4.78, 5) is 0. The molecule has 0 spiro atoms. The van der Waals surface area contributed by atoms with E-state index in [1.54, 1.807) is 12.1 Å². The van der Waals surface area contributed by atoms with E-state index in [2.05, 4.69) is 0 Å². The first kappa shape index (κ1) is 11.6. The number of hydrogen-bond acceptors (Lipinski definition) is 1. The van der Waals surface area contributed by atoms with Gasteiger partial charge in [-0.15, -0.1) is 0 Å². The molecule has 0 aromatic heterocycles. The molecular formula is C14H12F2O. The van der Waals surface area contributed by atoms with E-state index >= 15 is 0 Å². The SMILES string of the molecule is Cc1ccc(Oc2cccc(F)c2F)cc1C. The lowest BCUT2D eigenvalue weighted by molar-refractivity contribution is 0.416. The zero-order valence-electron chi connectivity index (χ0n) is 9.63. The van der Waals surface area contributed by atoms with Crippen LogP contribution in [0.25, 0.3) is 0 Å². The fourth-order valence-corrected chi connectivity index (χ4v) is 1.47. The number of ether oxygens (including phenoxy) is 1. The van der Waals surface area contributed by atoms with Crippen LogP contribution in [0.3, 0.4) is 0 Å². The molecule has 0 radical (unpaired) electrons. The molecule has 0 N–H and O–H groups in total. The molecule has 0 saturated heterocycles. The van der Waals surface area contributed by atoms with Gasteiger partial charge in [-0.3, -0.25) is 0 Å². The molecule has 0 aliphatic carbocycles. The van der Waals surface area contributed by atoms with Crippen LogP contribution in [-0.4, -0.2) is 0 Å². The monoisotopic (exact) mass is 234 g/mol. The molecule has 0 aliphatic heterocycles. The highest BCUT2D eigenvalue weighted by Crippen LogP contribution is 2.26. The van der Waals surface area contributed by atoms with Crippen LogP contribution in [-0.2, 0) is 0 Å². The third-order valence-electron chi connectivity index (χ3n) is 2.62. The molecule has 0 bridgehead atoms. The van der Waals surface area contributed by atoms with Gasteiger partial charge in [0.15, 0.2) is 11.6 Å². The Kier molecular flexibility index (Phi) is 3.09. The van der Waals surface area contributed by atoms with E-state index in [4.69, 9.17) is 4.74 Å². The van der Waals surface area contributed by atoms with E-state index in [0.717, 1.165) is 17.2 Å². The lowest BCUT2D eigenvalue weighted by Crippen LogP contribution is -1.92. The number of rotatable bonds is 2. The van der Waals surface area contributed by atoms with Crippen molar-refractivity contribution in [3.05, 3.63) is 59.2 Å². The van der Waals surface area contributed by atoms with Crippen LogP contribution in [0, 0.1) is 25.5 Å². The van der Waals surface area contributed by atoms with Crippen molar-refractivity contribution in [1.29, 1.82) is 0 Å². The molecule has 3 heteroatoms. The number of hydrogen-bond donors (Lipinski definition) is 0. The van der Waals surface area contributed by atoms with Crippen LogP contribution >= 0.6 is 0 Å². The summed E-state index contributed by atoms with van der Waals surface area (Å²) in [7, 11) is 0. The number of benzene rings is 2. The van der Waals surface area contributed by atoms with Gasteiger partial charge in [-0.25, -0.2) is 4.39 Å². The maximum absolute atomic E-state index is 13.4. The summed E-state index contributed by atoms with van der Waals surface area (Å²) in [5, 5.41) is 0. The summed E-state index contributed by atoms with van der Waals surface area (Å²) in [5.41, 5.74) is 2.16. The number of halogens is 2. The molecule has 0 saturated carbocycles. The van der Waals surface area contributed by atoms with Crippen molar-refractivity contribution in [2.45, 2.75) is 13.8 Å². The Bertz CT molecular complexity index is 550. The molecule has 88 valence electrons. The van der Waals surface area contributed by atoms with Crippen molar-refractivity contribution in [3.8, 4) is 11.5 Å². The van der Waals surface area contributed by atoms with Crippen molar-refractivity contribution in [2.24, 2.45) is 0 Å². The average molecular weight is 234 g/mol. The van der Waals surface area contributed by atoms with E-state index in [1.165, 1.54) is 12.1 Å². The second-order valence-corrected chi connectivity index (χ2v) is 3.90. The predicted octanol–water partition coefficient (Wildman–Crippen LogP) is 4.37. The van der Waals surface area contributed by atoms with E-state index in [1.807, 2.05) is 19.9 Å². The zero-order chi connectivity index (χ0) is 12.4. The van der Waals surface area contributed by atoms with Gasteiger partial charge < -0.3 is 4.74 Å². The molecule has 2 rings (SSSR count). The van der Waals surface area contributed by atoms with Crippen LogP contribution < -0.4 is 4.74 Å². The van der Waals surface area contributed by atoms with Crippen LogP contribution in [0.5, 0.6) is 11.5 Å². The quantitative estimate of drug-likeness (QED) is 0.749. The van der Waals surface area contributed by atoms with Crippen molar-refractivity contribution in [2.75, 3.05) is 0 Å². The van der Waals surface area contributed by atoms with Gasteiger partial charge in [-0.1, -0.05) is 12.1 Å². The third-order valence-corrected chi connectivity index (χ3v) is 2.62. The summed E-state index contributed by atoms with van der Waals surface area (Å²) < 4.78 is 31.6. The predicted molar refractivity (Wildman–Crippen MR) is 62.3 cm³/mol. The Hall–Kier alpha value is -1.90. The molecule has 0 heterocycles. The second kappa shape index (κ2) is 4.53. The Morgan fingerprint density at radius 1 is 0.941 bits per heavy atom. The Morgan fingerprint density at radius 3 is 2.41 bits per heavy atom. The molecule has 1 nitrogen and oxygen atoms in total. The maximum atomic E-state index is 13.4. The van der Waals surface area contributed by atoms with E-state index in [0.29, 0.717) is 5.75 Å². The molecule has 2 aromatic carbocycles. The summed E-state index contributed by atoms with van der Waals surface area (Å²) in [6.45, 7) is 3.91. The summed E-state index contributed by atoms with van der Waals surface area (Å²) in [6, 6.07) is 9.26. The van der Waals surface area contributed by atoms with Gasteiger partial charge in [-0.05, 0) is 49.2 Å². The van der Waals surface area contributed by atoms with Gasteiger partial charge in [0.2, 0.25) is 5.82 Å². The fraction of sp³-hybridized carbons (Fsp3) is 0.143. The largest absolute Gasteiger partial charge is 0.454 e. The second-order valence-electron chi connectivity index (χ2n) is 3.90. The Labute approximate surface area is 98.7 Å². The standard InChI is InChI=1S/C14H12F2O/c1-9-6-7-11(8-10(9)2)17-13-5-3-4-12(15)14(13)16/h3-8H,1-2H3. The van der Waals surface area contributed by atoms with Crippen LogP contribution in [0.4, 0.5) is 8.78 Å². The first-order valence-corrected chi connectivity index (χ1v) is 5.27. The van der Waals surface area contributed by atoms with Crippen molar-refractivity contribution < 1.29 is 13.5 Å². The van der Waals surface area contributed by atoms with E-state index in [-0.39, 0.29) is 5.75 Å². The van der Waals surface area contributed by atoms with E-state index < -0.39 is 11.6 Å². The molecule has 0 atom stereocenters. The molecular weight excluding hydrogens is 222 g/mol. The molecule has 0 unspecified atom stereocenters. The minimum atomic E-state index is -0.967. The topological polar surface area (TPSA) is 9.23 Å². The minimum absolute atomic E-state index is 0.103. The highest BCUT2D eigenvalue weighted by atomic mass is 19.2. The maximum Gasteiger partial charge on any atom is 0.201 e. The molecule has 0 amide bonds. The first-order valence-electron chi connectivity index (χ1n) is 5.27. The molecule has 0 aliphatic rings. The van der Waals surface area contributed by atoms with Crippen LogP contribution in [0.2, 0.25) is 0 Å². The van der Waals surface area contributed by atoms with Gasteiger partial charge >= 0.3 is 0 Å². The molecule has 2 aromatic rings. The number of aryl methyl sites for hydroxylation is 2. The van der Waals surface area contributed by atoms with Gasteiger partial charge in [0.1, 0.15) is 5.75 Å². The van der Waals surface area contributed by atoms with Crippen molar-refractivity contribution in [1.82, 2.24) is 0 Å².